The predicted molar refractivity (Wildman–Crippen MR) is 123 cm³/mol. The molecule has 0 aliphatic carbocycles. The molecule has 7 nitrogen and oxygen atoms in total. The fraction of sp³-hybridized carbons (Fsp3) is 0.423. The second-order valence-electron chi connectivity index (χ2n) is 8.93. The average Bonchev–Trinajstić information content (AvgIpc) is 2.84. The molecule has 0 saturated carbocycles. The largest absolute Gasteiger partial charge is 0.450 e. The fourth-order valence-corrected chi connectivity index (χ4v) is 5.47. The summed E-state index contributed by atoms with van der Waals surface area (Å²) in [6.07, 6.45) is 1.86. The first kappa shape index (κ1) is 21.5. The molecule has 5 rings (SSSR count). The summed E-state index contributed by atoms with van der Waals surface area (Å²) >= 11 is 0. The van der Waals surface area contributed by atoms with Gasteiger partial charge in [-0.3, -0.25) is 9.59 Å². The topological polar surface area (TPSA) is 79.0 Å². The molecule has 33 heavy (non-hydrogen) atoms. The summed E-state index contributed by atoms with van der Waals surface area (Å²) in [7, 11) is 0. The highest BCUT2D eigenvalue weighted by Gasteiger charge is 2.46. The van der Waals surface area contributed by atoms with Gasteiger partial charge in [-0.1, -0.05) is 42.5 Å². The minimum absolute atomic E-state index is 0.00287. The maximum atomic E-state index is 13.8. The molecule has 1 saturated heterocycles. The van der Waals surface area contributed by atoms with Gasteiger partial charge >= 0.3 is 6.09 Å². The maximum absolute atomic E-state index is 13.8. The lowest BCUT2D eigenvalue weighted by Crippen LogP contribution is -2.52. The minimum Gasteiger partial charge on any atom is -0.450 e. The number of amides is 3. The van der Waals surface area contributed by atoms with Crippen molar-refractivity contribution in [1.29, 1.82) is 0 Å². The van der Waals surface area contributed by atoms with E-state index in [0.29, 0.717) is 44.6 Å². The van der Waals surface area contributed by atoms with Crippen molar-refractivity contribution in [2.45, 2.75) is 44.2 Å². The number of benzene rings is 2. The molecule has 7 heteroatoms. The van der Waals surface area contributed by atoms with Crippen molar-refractivity contribution >= 4 is 17.9 Å². The van der Waals surface area contributed by atoms with Crippen molar-refractivity contribution in [3.8, 4) is 0 Å². The summed E-state index contributed by atoms with van der Waals surface area (Å²) < 4.78 is 5.10. The van der Waals surface area contributed by atoms with E-state index in [9.17, 15) is 14.4 Å². The van der Waals surface area contributed by atoms with Gasteiger partial charge in [-0.25, -0.2) is 4.79 Å². The zero-order chi connectivity index (χ0) is 22.9. The van der Waals surface area contributed by atoms with Crippen molar-refractivity contribution in [3.63, 3.8) is 0 Å². The number of ether oxygens (including phenoxy) is 1. The zero-order valence-corrected chi connectivity index (χ0v) is 18.8. The highest BCUT2D eigenvalue weighted by atomic mass is 16.6. The Labute approximate surface area is 193 Å². The van der Waals surface area contributed by atoms with Crippen molar-refractivity contribution < 1.29 is 19.1 Å². The van der Waals surface area contributed by atoms with Gasteiger partial charge in [-0.05, 0) is 48.9 Å². The molecule has 0 radical (unpaired) electrons. The Morgan fingerprint density at radius 3 is 2.45 bits per heavy atom. The first-order valence-electron chi connectivity index (χ1n) is 11.8. The fourth-order valence-electron chi connectivity index (χ4n) is 5.47. The van der Waals surface area contributed by atoms with Crippen LogP contribution in [0.1, 0.15) is 58.8 Å². The van der Waals surface area contributed by atoms with Crippen LogP contribution in [0.3, 0.4) is 0 Å². The first-order valence-corrected chi connectivity index (χ1v) is 11.8. The van der Waals surface area contributed by atoms with Gasteiger partial charge in [0.1, 0.15) is 0 Å². The van der Waals surface area contributed by atoms with E-state index in [0.717, 1.165) is 17.5 Å². The molecule has 3 aliphatic rings. The van der Waals surface area contributed by atoms with Crippen LogP contribution in [0.5, 0.6) is 0 Å². The van der Waals surface area contributed by atoms with Crippen LogP contribution in [-0.2, 0) is 16.0 Å². The molecule has 0 aromatic heterocycles. The molecule has 1 N–H and O–H groups in total. The molecule has 2 aromatic carbocycles. The van der Waals surface area contributed by atoms with Gasteiger partial charge in [0.2, 0.25) is 5.91 Å². The number of likely N-dealkylation sites (tertiary alicyclic amines) is 1. The normalized spacial score (nSPS) is 22.2. The molecule has 3 heterocycles. The Balaban J connectivity index is 1.41. The number of hydrogen-bond donors (Lipinski definition) is 1. The van der Waals surface area contributed by atoms with E-state index >= 15 is 0 Å². The summed E-state index contributed by atoms with van der Waals surface area (Å²) in [4.78, 5) is 42.6. The number of carbonyl (C=O) groups is 3. The number of piperidine rings is 1. The molecule has 2 aromatic rings. The van der Waals surface area contributed by atoms with Crippen LogP contribution in [0.2, 0.25) is 0 Å². The number of rotatable bonds is 3. The second kappa shape index (κ2) is 8.89. The molecule has 3 amide bonds. The zero-order valence-electron chi connectivity index (χ0n) is 18.8. The third-order valence-corrected chi connectivity index (χ3v) is 7.08. The van der Waals surface area contributed by atoms with Crippen molar-refractivity contribution in [1.82, 2.24) is 15.1 Å². The molecular formula is C26H29N3O4. The van der Waals surface area contributed by atoms with Gasteiger partial charge in [-0.2, -0.15) is 0 Å². The van der Waals surface area contributed by atoms with Gasteiger partial charge in [0, 0.05) is 31.2 Å². The van der Waals surface area contributed by atoms with Crippen molar-refractivity contribution in [2.24, 2.45) is 0 Å². The van der Waals surface area contributed by atoms with Crippen LogP contribution in [0.15, 0.2) is 48.5 Å². The Bertz CT molecular complexity index is 1080. The molecule has 172 valence electrons. The lowest BCUT2D eigenvalue weighted by Gasteiger charge is -2.45. The number of nitrogens with one attached hydrogen (secondary N) is 1. The lowest BCUT2D eigenvalue weighted by molar-refractivity contribution is -0.125. The smallest absolute Gasteiger partial charge is 0.409 e. The summed E-state index contributed by atoms with van der Waals surface area (Å²) in [5.41, 5.74) is 3.67. The van der Waals surface area contributed by atoms with E-state index in [2.05, 4.69) is 11.4 Å². The van der Waals surface area contributed by atoms with E-state index in [1.807, 2.05) is 47.4 Å². The van der Waals surface area contributed by atoms with Crippen molar-refractivity contribution in [3.05, 3.63) is 70.8 Å². The van der Waals surface area contributed by atoms with Crippen LogP contribution < -0.4 is 5.32 Å². The van der Waals surface area contributed by atoms with Gasteiger partial charge in [0.15, 0.2) is 0 Å². The summed E-state index contributed by atoms with van der Waals surface area (Å²) in [6.45, 7) is 3.87. The van der Waals surface area contributed by atoms with Gasteiger partial charge in [-0.15, -0.1) is 0 Å². The van der Waals surface area contributed by atoms with Gasteiger partial charge < -0.3 is 19.9 Å². The van der Waals surface area contributed by atoms with E-state index in [1.165, 1.54) is 5.56 Å². The van der Waals surface area contributed by atoms with E-state index in [1.54, 1.807) is 11.8 Å². The third-order valence-electron chi connectivity index (χ3n) is 7.08. The second-order valence-corrected chi connectivity index (χ2v) is 8.93. The van der Waals surface area contributed by atoms with Crippen LogP contribution >= 0.6 is 0 Å². The Hall–Kier alpha value is -3.35. The van der Waals surface area contributed by atoms with E-state index < -0.39 is 5.92 Å². The number of fused-ring (bicyclic) bond motifs is 4. The molecule has 1 fully saturated rings. The highest BCUT2D eigenvalue weighted by Crippen LogP contribution is 2.46. The third kappa shape index (κ3) is 3.86. The standard InChI is InChI=1S/C26H29N3O4/c1-2-33-26(32)28-14-12-18(13-15-28)27-24(30)22-20-9-5-6-10-21(20)25(31)29-16-11-17-7-3-4-8-19(17)23(22)29/h3-10,18,22-23H,2,11-16H2,1H3,(H,27,30)/t22-,23-/m0/s1. The van der Waals surface area contributed by atoms with Crippen LogP contribution in [-0.4, -0.2) is 60.0 Å². The lowest BCUT2D eigenvalue weighted by atomic mass is 9.75. The number of hydrogen-bond acceptors (Lipinski definition) is 4. The number of carbonyl (C=O) groups excluding carboxylic acids is 3. The molecule has 0 unspecified atom stereocenters. The molecule has 0 spiro atoms. The SMILES string of the molecule is CCOC(=O)N1CCC(NC(=O)[C@H]2c3ccccc3C(=O)N3CCc4ccccc4[C@@H]23)CC1. The Kier molecular flexibility index (Phi) is 5.79. The molecule has 3 aliphatic heterocycles. The Morgan fingerprint density at radius 1 is 1.00 bits per heavy atom. The highest BCUT2D eigenvalue weighted by molar-refractivity contribution is 6.01. The van der Waals surface area contributed by atoms with Gasteiger partial charge in [0.25, 0.3) is 5.91 Å². The summed E-state index contributed by atoms with van der Waals surface area (Å²) in [5.74, 6) is -0.531. The molecule has 0 bridgehead atoms. The summed E-state index contributed by atoms with van der Waals surface area (Å²) in [5, 5.41) is 3.24. The van der Waals surface area contributed by atoms with E-state index in [-0.39, 0.29) is 30.0 Å². The number of nitrogens with zero attached hydrogens (tertiary/aromatic N) is 2. The average molecular weight is 448 g/mol. The maximum Gasteiger partial charge on any atom is 0.409 e. The minimum atomic E-state index is -0.469. The quantitative estimate of drug-likeness (QED) is 0.783. The molecule has 2 atom stereocenters. The van der Waals surface area contributed by atoms with Crippen LogP contribution in [0.25, 0.3) is 0 Å². The van der Waals surface area contributed by atoms with Crippen molar-refractivity contribution in [2.75, 3.05) is 26.2 Å². The first-order chi connectivity index (χ1) is 16.1. The molecular weight excluding hydrogens is 418 g/mol. The van der Waals surface area contributed by atoms with Crippen LogP contribution in [0, 0.1) is 0 Å². The van der Waals surface area contributed by atoms with E-state index in [4.69, 9.17) is 4.74 Å². The van der Waals surface area contributed by atoms with Crippen LogP contribution in [0.4, 0.5) is 4.79 Å². The van der Waals surface area contributed by atoms with Gasteiger partial charge in [0.05, 0.1) is 18.6 Å². The summed E-state index contributed by atoms with van der Waals surface area (Å²) in [6, 6.07) is 15.3. The Morgan fingerprint density at radius 2 is 1.70 bits per heavy atom. The predicted octanol–water partition coefficient (Wildman–Crippen LogP) is 3.26. The monoisotopic (exact) mass is 447 g/mol.